The Kier molecular flexibility index (Phi) is 12.2. The van der Waals surface area contributed by atoms with Crippen molar-refractivity contribution in [2.75, 3.05) is 0 Å². The standard InChI is InChI=1S/C37H30F4N2O4/c1-43-35-18-15-28(22-34(35)41)47-37(45)30-17-12-25(20-33(30)40)10-8-6-4-2-3-5-7-9-24-11-16-29(32(39)19-24)36(44)46-27-14-13-26(23-42)31(38)21-27/h11-22H,2-10H2. The maximum absolute atomic E-state index is 14.6. The molecule has 0 aromatic heterocycles. The minimum atomic E-state index is -0.958. The lowest BCUT2D eigenvalue weighted by Crippen LogP contribution is -2.11. The molecule has 0 radical (unpaired) electrons. The van der Waals surface area contributed by atoms with Gasteiger partial charge in [-0.25, -0.2) is 32.0 Å². The smallest absolute Gasteiger partial charge is 0.346 e. The molecule has 0 spiro atoms. The van der Waals surface area contributed by atoms with Crippen LogP contribution in [0, 0.1) is 41.2 Å². The predicted octanol–water partition coefficient (Wildman–Crippen LogP) is 9.62. The molecule has 0 fully saturated rings. The fraction of sp³-hybridized carbons (Fsp3) is 0.243. The number of rotatable bonds is 14. The van der Waals surface area contributed by atoms with Crippen LogP contribution in [0.4, 0.5) is 23.2 Å². The van der Waals surface area contributed by atoms with Gasteiger partial charge in [0.25, 0.3) is 0 Å². The second kappa shape index (κ2) is 16.7. The van der Waals surface area contributed by atoms with E-state index in [1.165, 1.54) is 48.5 Å². The number of ether oxygens (including phenoxy) is 2. The maximum Gasteiger partial charge on any atom is 0.346 e. The third kappa shape index (κ3) is 9.75. The number of benzene rings is 4. The quantitative estimate of drug-likeness (QED) is 0.0450. The lowest BCUT2D eigenvalue weighted by molar-refractivity contribution is 0.0719. The summed E-state index contributed by atoms with van der Waals surface area (Å²) in [5.41, 5.74) is 0.578. The third-order valence-electron chi connectivity index (χ3n) is 7.46. The first-order valence-corrected chi connectivity index (χ1v) is 15.1. The van der Waals surface area contributed by atoms with Crippen molar-refractivity contribution in [1.82, 2.24) is 0 Å². The van der Waals surface area contributed by atoms with Crippen LogP contribution in [-0.2, 0) is 12.8 Å². The van der Waals surface area contributed by atoms with E-state index in [-0.39, 0.29) is 33.9 Å². The Bertz CT molecular complexity index is 1710. The molecule has 4 aromatic carbocycles. The van der Waals surface area contributed by atoms with Crippen molar-refractivity contribution in [2.45, 2.75) is 57.8 Å². The number of halogens is 4. The SMILES string of the molecule is [C-]#[N+]c1ccc(OC(=O)c2ccc(CCCCCCCCCc3ccc(C(=O)Oc4ccc(C#N)c(F)c4)c(F)c3)cc2F)cc1F. The second-order valence-electron chi connectivity index (χ2n) is 10.9. The van der Waals surface area contributed by atoms with Crippen LogP contribution in [0.3, 0.4) is 0 Å². The minimum absolute atomic E-state index is 0.118. The average molecular weight is 643 g/mol. The van der Waals surface area contributed by atoms with Crippen molar-refractivity contribution >= 4 is 17.6 Å². The Morgan fingerprint density at radius 1 is 0.617 bits per heavy atom. The highest BCUT2D eigenvalue weighted by atomic mass is 19.1. The molecule has 0 heterocycles. The van der Waals surface area contributed by atoms with Gasteiger partial charge in [-0.2, -0.15) is 5.26 Å². The van der Waals surface area contributed by atoms with Crippen LogP contribution < -0.4 is 9.47 Å². The highest BCUT2D eigenvalue weighted by Gasteiger charge is 2.17. The number of hydrogen-bond acceptors (Lipinski definition) is 5. The molecule has 0 aliphatic heterocycles. The molecule has 0 saturated heterocycles. The first-order chi connectivity index (χ1) is 22.7. The van der Waals surface area contributed by atoms with E-state index in [9.17, 15) is 27.2 Å². The molecule has 6 nitrogen and oxygen atoms in total. The summed E-state index contributed by atoms with van der Waals surface area (Å²) in [6.07, 6.45) is 7.93. The number of carbonyl (C=O) groups excluding carboxylic acids is 2. The summed E-state index contributed by atoms with van der Waals surface area (Å²) in [5, 5.41) is 8.79. The Balaban J connectivity index is 1.11. The van der Waals surface area contributed by atoms with Crippen molar-refractivity contribution in [3.63, 3.8) is 0 Å². The highest BCUT2D eigenvalue weighted by Crippen LogP contribution is 2.25. The zero-order valence-electron chi connectivity index (χ0n) is 25.3. The number of nitrogens with zero attached hydrogens (tertiary/aromatic N) is 2. The molecule has 0 atom stereocenters. The van der Waals surface area contributed by atoms with Crippen LogP contribution in [0.1, 0.15) is 82.4 Å². The molecule has 4 rings (SSSR count). The van der Waals surface area contributed by atoms with Crippen LogP contribution in [0.25, 0.3) is 4.85 Å². The number of aryl methyl sites for hydroxylation is 2. The molecular weight excluding hydrogens is 612 g/mol. The number of unbranched alkanes of at least 4 members (excludes halogenated alkanes) is 6. The zero-order chi connectivity index (χ0) is 33.8. The summed E-state index contributed by atoms with van der Waals surface area (Å²) in [6.45, 7) is 6.86. The number of esters is 2. The van der Waals surface area contributed by atoms with E-state index in [0.29, 0.717) is 12.8 Å². The van der Waals surface area contributed by atoms with E-state index in [1.807, 2.05) is 0 Å². The largest absolute Gasteiger partial charge is 0.423 e. The summed E-state index contributed by atoms with van der Waals surface area (Å²) in [6, 6.07) is 17.0. The van der Waals surface area contributed by atoms with Gasteiger partial charge < -0.3 is 9.47 Å². The highest BCUT2D eigenvalue weighted by molar-refractivity contribution is 5.92. The predicted molar refractivity (Wildman–Crippen MR) is 166 cm³/mol. The molecule has 0 aliphatic rings. The number of nitriles is 1. The minimum Gasteiger partial charge on any atom is -0.423 e. The van der Waals surface area contributed by atoms with Crippen molar-refractivity contribution in [3.8, 4) is 17.6 Å². The molecule has 4 aromatic rings. The number of carbonyl (C=O) groups is 2. The first kappa shape index (κ1) is 34.4. The Labute approximate surface area is 270 Å². The van der Waals surface area contributed by atoms with Gasteiger partial charge >= 0.3 is 11.9 Å². The van der Waals surface area contributed by atoms with Gasteiger partial charge in [-0.15, -0.1) is 0 Å². The molecule has 47 heavy (non-hydrogen) atoms. The second-order valence-corrected chi connectivity index (χ2v) is 10.9. The summed E-state index contributed by atoms with van der Waals surface area (Å²) in [5.74, 6) is -5.26. The topological polar surface area (TPSA) is 80.8 Å². The monoisotopic (exact) mass is 642 g/mol. The van der Waals surface area contributed by atoms with Crippen molar-refractivity contribution < 1.29 is 36.6 Å². The van der Waals surface area contributed by atoms with E-state index in [1.54, 1.807) is 18.2 Å². The van der Waals surface area contributed by atoms with Gasteiger partial charge in [0.1, 0.15) is 40.8 Å². The zero-order valence-corrected chi connectivity index (χ0v) is 25.3. The van der Waals surface area contributed by atoms with Crippen LogP contribution >= 0.6 is 0 Å². The number of hydrogen-bond donors (Lipinski definition) is 0. The molecule has 0 bridgehead atoms. The van der Waals surface area contributed by atoms with Gasteiger partial charge in [-0.05, 0) is 85.3 Å². The van der Waals surface area contributed by atoms with E-state index in [4.69, 9.17) is 21.3 Å². The van der Waals surface area contributed by atoms with Gasteiger partial charge in [0.15, 0.2) is 0 Å². The summed E-state index contributed by atoms with van der Waals surface area (Å²) in [4.78, 5) is 27.7. The van der Waals surface area contributed by atoms with E-state index < -0.39 is 35.2 Å². The van der Waals surface area contributed by atoms with Crippen LogP contribution in [0.2, 0.25) is 0 Å². The molecule has 0 unspecified atom stereocenters. The molecule has 0 amide bonds. The van der Waals surface area contributed by atoms with Crippen molar-refractivity contribution in [2.24, 2.45) is 0 Å². The van der Waals surface area contributed by atoms with Gasteiger partial charge in [0.05, 0.1) is 23.3 Å². The molecule has 0 aliphatic carbocycles. The Morgan fingerprint density at radius 2 is 1.09 bits per heavy atom. The van der Waals surface area contributed by atoms with Gasteiger partial charge in [-0.1, -0.05) is 44.2 Å². The fourth-order valence-electron chi connectivity index (χ4n) is 4.92. The van der Waals surface area contributed by atoms with Gasteiger partial charge in [-0.3, -0.25) is 0 Å². The Hall–Kier alpha value is -5.48. The van der Waals surface area contributed by atoms with Gasteiger partial charge in [0.2, 0.25) is 5.69 Å². The molecule has 240 valence electrons. The van der Waals surface area contributed by atoms with Gasteiger partial charge in [0, 0.05) is 12.1 Å². The maximum atomic E-state index is 14.6. The van der Waals surface area contributed by atoms with Crippen LogP contribution in [-0.4, -0.2) is 11.9 Å². The molecular formula is C37H30F4N2O4. The van der Waals surface area contributed by atoms with Crippen LogP contribution in [0.5, 0.6) is 11.5 Å². The normalized spacial score (nSPS) is 10.6. The van der Waals surface area contributed by atoms with E-state index in [2.05, 4.69) is 4.85 Å². The Morgan fingerprint density at radius 3 is 1.51 bits per heavy atom. The lowest BCUT2D eigenvalue weighted by atomic mass is 10.0. The summed E-state index contributed by atoms with van der Waals surface area (Å²) < 4.78 is 66.8. The molecule has 0 N–H and O–H groups in total. The fourth-order valence-corrected chi connectivity index (χ4v) is 4.92. The van der Waals surface area contributed by atoms with Crippen LogP contribution in [0.15, 0.2) is 72.8 Å². The lowest BCUT2D eigenvalue weighted by Gasteiger charge is -2.08. The third-order valence-corrected chi connectivity index (χ3v) is 7.46. The molecule has 10 heteroatoms. The summed E-state index contributed by atoms with van der Waals surface area (Å²) >= 11 is 0. The molecule has 0 saturated carbocycles. The summed E-state index contributed by atoms with van der Waals surface area (Å²) in [7, 11) is 0. The first-order valence-electron chi connectivity index (χ1n) is 15.1. The van der Waals surface area contributed by atoms with E-state index in [0.717, 1.165) is 68.2 Å². The van der Waals surface area contributed by atoms with E-state index >= 15 is 0 Å². The van der Waals surface area contributed by atoms with Crippen molar-refractivity contribution in [3.05, 3.63) is 135 Å². The van der Waals surface area contributed by atoms with Crippen molar-refractivity contribution in [1.29, 1.82) is 5.26 Å². The average Bonchev–Trinajstić information content (AvgIpc) is 3.04.